The fraction of sp³-hybridized carbons (Fsp3) is 0.500. The summed E-state index contributed by atoms with van der Waals surface area (Å²) in [4.78, 5) is 12.7. The predicted molar refractivity (Wildman–Crippen MR) is 107 cm³/mol. The molecule has 2 aliphatic heterocycles. The lowest BCUT2D eigenvalue weighted by Crippen LogP contribution is -2.33. The van der Waals surface area contributed by atoms with Crippen molar-refractivity contribution in [2.75, 3.05) is 40.6 Å². The third-order valence-electron chi connectivity index (χ3n) is 5.40. The first-order valence-corrected chi connectivity index (χ1v) is 9.90. The van der Waals surface area contributed by atoms with Crippen LogP contribution in [0.15, 0.2) is 29.1 Å². The van der Waals surface area contributed by atoms with E-state index in [9.17, 15) is 4.79 Å². The Morgan fingerprint density at radius 3 is 2.76 bits per heavy atom. The van der Waals surface area contributed by atoms with E-state index < -0.39 is 0 Å². The van der Waals surface area contributed by atoms with Crippen LogP contribution in [0.25, 0.3) is 11.3 Å². The molecule has 0 radical (unpaired) electrons. The average Bonchev–Trinajstić information content (AvgIpc) is 2.74. The number of methoxy groups -OCH3 is 2. The average molecular weight is 401 g/mol. The summed E-state index contributed by atoms with van der Waals surface area (Å²) in [5, 5.41) is 0. The summed E-state index contributed by atoms with van der Waals surface area (Å²) in [7, 11) is 3.38. The lowest BCUT2D eigenvalue weighted by Gasteiger charge is -2.26. The minimum absolute atomic E-state index is 0.0572. The zero-order chi connectivity index (χ0) is 20.2. The normalized spacial score (nSPS) is 18.2. The van der Waals surface area contributed by atoms with Gasteiger partial charge in [-0.2, -0.15) is 0 Å². The first-order chi connectivity index (χ1) is 14.2. The van der Waals surface area contributed by atoms with Gasteiger partial charge in [0.25, 0.3) is 5.56 Å². The lowest BCUT2D eigenvalue weighted by molar-refractivity contribution is -0.101. The van der Waals surface area contributed by atoms with E-state index in [1.807, 2.05) is 10.6 Å². The highest BCUT2D eigenvalue weighted by atomic mass is 16.6. The van der Waals surface area contributed by atoms with Crippen molar-refractivity contribution in [3.05, 3.63) is 51.3 Å². The molecule has 0 aliphatic carbocycles. The predicted octanol–water partition coefficient (Wildman–Crippen LogP) is 2.16. The quantitative estimate of drug-likeness (QED) is 0.708. The zero-order valence-electron chi connectivity index (χ0n) is 16.9. The van der Waals surface area contributed by atoms with Crippen molar-refractivity contribution in [1.29, 1.82) is 0 Å². The third-order valence-corrected chi connectivity index (χ3v) is 5.40. The minimum atomic E-state index is -0.111. The van der Waals surface area contributed by atoms with E-state index in [0.717, 1.165) is 28.8 Å². The smallest absolute Gasteiger partial charge is 0.254 e. The Bertz CT molecular complexity index is 916. The molecule has 1 aromatic carbocycles. The first kappa shape index (κ1) is 20.1. The Labute approximate surface area is 170 Å². The van der Waals surface area contributed by atoms with Crippen LogP contribution in [-0.4, -0.2) is 51.3 Å². The number of benzene rings is 1. The molecule has 0 N–H and O–H groups in total. The van der Waals surface area contributed by atoms with E-state index in [0.29, 0.717) is 51.9 Å². The molecule has 0 bridgehead atoms. The molecule has 2 aliphatic rings. The highest BCUT2D eigenvalue weighted by Gasteiger charge is 2.23. The summed E-state index contributed by atoms with van der Waals surface area (Å²) >= 11 is 0. The van der Waals surface area contributed by atoms with Crippen LogP contribution in [-0.2, 0) is 45.1 Å². The summed E-state index contributed by atoms with van der Waals surface area (Å²) in [5.41, 5.74) is 5.33. The number of hydrogen-bond donors (Lipinski definition) is 0. The van der Waals surface area contributed by atoms with Gasteiger partial charge in [0.1, 0.15) is 18.5 Å². The number of fused-ring (bicyclic) bond motifs is 3. The van der Waals surface area contributed by atoms with Crippen LogP contribution in [0.5, 0.6) is 5.75 Å². The Kier molecular flexibility index (Phi) is 6.30. The van der Waals surface area contributed by atoms with Crippen LogP contribution >= 0.6 is 0 Å². The van der Waals surface area contributed by atoms with E-state index in [-0.39, 0.29) is 11.7 Å². The number of nitrogens with zero attached hydrogens (tertiary/aromatic N) is 1. The molecule has 7 heteroatoms. The largest absolute Gasteiger partial charge is 0.491 e. The Morgan fingerprint density at radius 2 is 2.00 bits per heavy atom. The zero-order valence-corrected chi connectivity index (χ0v) is 16.9. The molecule has 0 unspecified atom stereocenters. The molecule has 0 saturated carbocycles. The van der Waals surface area contributed by atoms with Crippen molar-refractivity contribution >= 4 is 0 Å². The van der Waals surface area contributed by atoms with Gasteiger partial charge in [0, 0.05) is 38.5 Å². The van der Waals surface area contributed by atoms with E-state index in [2.05, 4.69) is 12.1 Å². The van der Waals surface area contributed by atoms with Crippen LogP contribution in [0.3, 0.4) is 0 Å². The molecule has 1 fully saturated rings. The van der Waals surface area contributed by atoms with Gasteiger partial charge >= 0.3 is 0 Å². The van der Waals surface area contributed by atoms with Crippen LogP contribution in [0.1, 0.15) is 16.7 Å². The van der Waals surface area contributed by atoms with Gasteiger partial charge in [-0.15, -0.1) is 0 Å². The van der Waals surface area contributed by atoms with Gasteiger partial charge in [-0.1, -0.05) is 12.1 Å². The molecule has 0 amide bonds. The Morgan fingerprint density at radius 1 is 1.14 bits per heavy atom. The van der Waals surface area contributed by atoms with Gasteiger partial charge in [-0.25, -0.2) is 0 Å². The Balaban J connectivity index is 1.67. The number of aromatic nitrogens is 1. The lowest BCUT2D eigenvalue weighted by atomic mass is 9.90. The summed E-state index contributed by atoms with van der Waals surface area (Å²) in [6.45, 7) is 3.73. The minimum Gasteiger partial charge on any atom is -0.491 e. The van der Waals surface area contributed by atoms with E-state index in [4.69, 9.17) is 23.7 Å². The van der Waals surface area contributed by atoms with Gasteiger partial charge in [-0.05, 0) is 23.1 Å². The Hall–Kier alpha value is -2.19. The van der Waals surface area contributed by atoms with Crippen LogP contribution in [0.2, 0.25) is 0 Å². The van der Waals surface area contributed by atoms with Crippen LogP contribution in [0.4, 0.5) is 0 Å². The molecule has 1 aromatic heterocycles. The molecular formula is C22H27NO6. The van der Waals surface area contributed by atoms with E-state index in [1.165, 1.54) is 5.56 Å². The summed E-state index contributed by atoms with van der Waals surface area (Å²) in [6.07, 6.45) is 0.672. The number of hydrogen-bond acceptors (Lipinski definition) is 6. The summed E-state index contributed by atoms with van der Waals surface area (Å²) < 4.78 is 29.5. The number of ether oxygens (including phenoxy) is 5. The van der Waals surface area contributed by atoms with Crippen molar-refractivity contribution in [1.82, 2.24) is 4.57 Å². The second-order valence-corrected chi connectivity index (χ2v) is 7.29. The fourth-order valence-electron chi connectivity index (χ4n) is 4.04. The van der Waals surface area contributed by atoms with Crippen molar-refractivity contribution in [2.24, 2.45) is 0 Å². The summed E-state index contributed by atoms with van der Waals surface area (Å²) in [5.74, 6) is 0.553. The van der Waals surface area contributed by atoms with Gasteiger partial charge < -0.3 is 28.3 Å². The van der Waals surface area contributed by atoms with Gasteiger partial charge in [0.15, 0.2) is 0 Å². The maximum absolute atomic E-state index is 12.7. The molecule has 1 atom stereocenters. The molecule has 4 rings (SSSR count). The molecule has 29 heavy (non-hydrogen) atoms. The number of pyridine rings is 1. The molecule has 1 saturated heterocycles. The van der Waals surface area contributed by atoms with Crippen molar-refractivity contribution in [3.63, 3.8) is 0 Å². The first-order valence-electron chi connectivity index (χ1n) is 9.90. The third kappa shape index (κ3) is 4.23. The fourth-order valence-corrected chi connectivity index (χ4v) is 4.04. The second-order valence-electron chi connectivity index (χ2n) is 7.29. The van der Waals surface area contributed by atoms with Gasteiger partial charge in [0.2, 0.25) is 0 Å². The highest BCUT2D eigenvalue weighted by molar-refractivity contribution is 5.69. The molecule has 7 nitrogen and oxygen atoms in total. The second kappa shape index (κ2) is 9.09. The standard InChI is InChI=1S/C22H27NO6/c1-25-11-15-3-4-19-18(20(15)14-26-2)5-6-23-21(19)9-16(10-22(23)24)29-13-17-12-27-7-8-28-17/h3-4,9-10,17H,5-8,11-14H2,1-2H3/t17-/m0/s1. The van der Waals surface area contributed by atoms with E-state index in [1.54, 1.807) is 20.3 Å². The monoisotopic (exact) mass is 401 g/mol. The topological polar surface area (TPSA) is 68.2 Å². The number of rotatable bonds is 7. The maximum Gasteiger partial charge on any atom is 0.254 e. The van der Waals surface area contributed by atoms with Crippen LogP contribution < -0.4 is 10.3 Å². The van der Waals surface area contributed by atoms with E-state index >= 15 is 0 Å². The van der Waals surface area contributed by atoms with Crippen molar-refractivity contribution < 1.29 is 23.7 Å². The van der Waals surface area contributed by atoms with Gasteiger partial charge in [-0.3, -0.25) is 4.79 Å². The molecule has 0 spiro atoms. The SMILES string of the molecule is COCc1ccc2c(c1COC)CCn1c-2cc(OC[C@@H]2COCCO2)cc1=O. The maximum atomic E-state index is 12.7. The van der Waals surface area contributed by atoms with Crippen molar-refractivity contribution in [2.45, 2.75) is 32.3 Å². The summed E-state index contributed by atoms with van der Waals surface area (Å²) in [6, 6.07) is 7.61. The molecule has 156 valence electrons. The van der Waals surface area contributed by atoms with Crippen LogP contribution in [0, 0.1) is 0 Å². The molecular weight excluding hydrogens is 374 g/mol. The van der Waals surface area contributed by atoms with Crippen molar-refractivity contribution in [3.8, 4) is 17.0 Å². The molecule has 2 aromatic rings. The highest BCUT2D eigenvalue weighted by Crippen LogP contribution is 2.34. The molecule has 3 heterocycles. The van der Waals surface area contributed by atoms with Gasteiger partial charge in [0.05, 0.1) is 38.7 Å².